The van der Waals surface area contributed by atoms with Crippen LogP contribution >= 0.6 is 0 Å². The Morgan fingerprint density at radius 3 is 2.56 bits per heavy atom. The van der Waals surface area contributed by atoms with Gasteiger partial charge in [0.25, 0.3) is 0 Å². The summed E-state index contributed by atoms with van der Waals surface area (Å²) in [5.41, 5.74) is 0.916. The molecule has 0 atom stereocenters. The first-order valence-electron chi connectivity index (χ1n) is 5.73. The van der Waals surface area contributed by atoms with Crippen molar-refractivity contribution in [2.24, 2.45) is 0 Å². The van der Waals surface area contributed by atoms with E-state index in [1.807, 2.05) is 0 Å². The normalized spacial score (nSPS) is 17.2. The van der Waals surface area contributed by atoms with E-state index in [4.69, 9.17) is 5.11 Å². The van der Waals surface area contributed by atoms with E-state index in [0.717, 1.165) is 18.4 Å². The Balaban J connectivity index is 2.27. The number of carbonyl (C=O) groups is 1. The average Bonchev–Trinajstić information content (AvgIpc) is 2.30. The molecule has 1 aromatic rings. The second kappa shape index (κ2) is 4.56. The van der Waals surface area contributed by atoms with E-state index in [9.17, 15) is 9.90 Å². The summed E-state index contributed by atoms with van der Waals surface area (Å²) in [6.45, 7) is 0. The number of hydrogen-bond acceptors (Lipinski definition) is 2. The highest BCUT2D eigenvalue weighted by Gasteiger charge is 2.16. The Morgan fingerprint density at radius 1 is 1.25 bits per heavy atom. The van der Waals surface area contributed by atoms with Gasteiger partial charge in [-0.1, -0.05) is 37.1 Å². The van der Waals surface area contributed by atoms with E-state index in [2.05, 4.69) is 0 Å². The van der Waals surface area contributed by atoms with E-state index >= 15 is 0 Å². The number of rotatable bonds is 2. The maximum absolute atomic E-state index is 11.3. The number of hydrogen-bond donors (Lipinski definition) is 1. The molecule has 16 heavy (non-hydrogen) atoms. The maximum atomic E-state index is 11.3. The molecule has 3 nitrogen and oxygen atoms in total. The van der Waals surface area contributed by atoms with Crippen molar-refractivity contribution in [3.05, 3.63) is 29.3 Å². The summed E-state index contributed by atoms with van der Waals surface area (Å²) in [6.07, 6.45) is 5.88. The standard InChI is InChI=1S/C13H16O3/c14-12-7-6-10(8-11(12)13(15)16)9-4-2-1-3-5-9/h6-9,14H,1-5H2,(H,15,16)/p-1. The Kier molecular flexibility index (Phi) is 3.13. The largest absolute Gasteiger partial charge is 0.872 e. The van der Waals surface area contributed by atoms with Crippen LogP contribution in [0, 0.1) is 0 Å². The van der Waals surface area contributed by atoms with Crippen molar-refractivity contribution in [2.45, 2.75) is 38.0 Å². The molecule has 86 valence electrons. The highest BCUT2D eigenvalue weighted by molar-refractivity contribution is 5.90. The van der Waals surface area contributed by atoms with Crippen LogP contribution in [0.3, 0.4) is 0 Å². The molecule has 3 heteroatoms. The van der Waals surface area contributed by atoms with Crippen LogP contribution in [-0.2, 0) is 0 Å². The van der Waals surface area contributed by atoms with Gasteiger partial charge in [0.15, 0.2) is 0 Å². The zero-order chi connectivity index (χ0) is 11.5. The molecule has 1 aliphatic rings. The fourth-order valence-electron chi connectivity index (χ4n) is 2.40. The van der Waals surface area contributed by atoms with Gasteiger partial charge in [-0.2, -0.15) is 0 Å². The Bertz CT molecular complexity index is 392. The van der Waals surface area contributed by atoms with E-state index in [1.165, 1.54) is 25.3 Å². The summed E-state index contributed by atoms with van der Waals surface area (Å²) in [6, 6.07) is 4.72. The van der Waals surface area contributed by atoms with Crippen molar-refractivity contribution in [3.63, 3.8) is 0 Å². The van der Waals surface area contributed by atoms with Gasteiger partial charge in [0.2, 0.25) is 0 Å². The molecule has 0 bridgehead atoms. The third-order valence-electron chi connectivity index (χ3n) is 3.31. The first kappa shape index (κ1) is 11.0. The SMILES string of the molecule is O=C(O)c1cc(C2CCCCC2)ccc1[O-]. The van der Waals surface area contributed by atoms with E-state index in [0.29, 0.717) is 5.92 Å². The molecular formula is C13H15O3-. The fraction of sp³-hybridized carbons (Fsp3) is 0.462. The van der Waals surface area contributed by atoms with Crippen molar-refractivity contribution >= 4 is 5.97 Å². The predicted molar refractivity (Wildman–Crippen MR) is 58.7 cm³/mol. The second-order valence-electron chi connectivity index (χ2n) is 4.40. The summed E-state index contributed by atoms with van der Waals surface area (Å²) >= 11 is 0. The molecule has 0 aromatic heterocycles. The van der Waals surface area contributed by atoms with Gasteiger partial charge in [-0.15, -0.1) is 0 Å². The van der Waals surface area contributed by atoms with Gasteiger partial charge in [0.05, 0.1) is 5.56 Å². The summed E-state index contributed by atoms with van der Waals surface area (Å²) < 4.78 is 0. The Labute approximate surface area is 94.7 Å². The molecule has 2 rings (SSSR count). The third kappa shape index (κ3) is 2.18. The van der Waals surface area contributed by atoms with Gasteiger partial charge in [-0.3, -0.25) is 0 Å². The lowest BCUT2D eigenvalue weighted by Gasteiger charge is -2.23. The van der Waals surface area contributed by atoms with Crippen LogP contribution in [0.5, 0.6) is 5.75 Å². The molecule has 1 aliphatic carbocycles. The minimum Gasteiger partial charge on any atom is -0.872 e. The summed E-state index contributed by atoms with van der Waals surface area (Å²) in [5, 5.41) is 20.2. The van der Waals surface area contributed by atoms with Gasteiger partial charge in [0, 0.05) is 0 Å². The van der Waals surface area contributed by atoms with Crippen LogP contribution in [0.1, 0.15) is 53.9 Å². The highest BCUT2D eigenvalue weighted by Crippen LogP contribution is 2.33. The molecule has 1 N–H and O–H groups in total. The quantitative estimate of drug-likeness (QED) is 0.831. The van der Waals surface area contributed by atoms with Crippen LogP contribution in [0.25, 0.3) is 0 Å². The summed E-state index contributed by atoms with van der Waals surface area (Å²) in [7, 11) is 0. The number of aromatic carboxylic acids is 1. The molecule has 0 unspecified atom stereocenters. The van der Waals surface area contributed by atoms with Crippen molar-refractivity contribution in [2.75, 3.05) is 0 Å². The van der Waals surface area contributed by atoms with E-state index in [-0.39, 0.29) is 5.56 Å². The van der Waals surface area contributed by atoms with Crippen molar-refractivity contribution < 1.29 is 15.0 Å². The zero-order valence-electron chi connectivity index (χ0n) is 9.11. The van der Waals surface area contributed by atoms with Gasteiger partial charge < -0.3 is 10.2 Å². The molecule has 0 aliphatic heterocycles. The second-order valence-corrected chi connectivity index (χ2v) is 4.40. The van der Waals surface area contributed by atoms with Gasteiger partial charge in [0.1, 0.15) is 0 Å². The summed E-state index contributed by atoms with van der Waals surface area (Å²) in [5.74, 6) is -1.08. The predicted octanol–water partition coefficient (Wildman–Crippen LogP) is 2.51. The maximum Gasteiger partial charge on any atom is 0.335 e. The van der Waals surface area contributed by atoms with Gasteiger partial charge in [-0.05, 0) is 30.4 Å². The minimum atomic E-state index is -1.12. The molecule has 1 fully saturated rings. The van der Waals surface area contributed by atoms with Crippen LogP contribution < -0.4 is 5.11 Å². The summed E-state index contributed by atoms with van der Waals surface area (Å²) in [4.78, 5) is 10.9. The number of benzene rings is 1. The Morgan fingerprint density at radius 2 is 1.94 bits per heavy atom. The lowest BCUT2D eigenvalue weighted by molar-refractivity contribution is -0.268. The van der Waals surface area contributed by atoms with Gasteiger partial charge in [-0.25, -0.2) is 4.79 Å². The zero-order valence-corrected chi connectivity index (χ0v) is 9.11. The molecule has 0 heterocycles. The molecule has 0 spiro atoms. The molecule has 0 saturated heterocycles. The van der Waals surface area contributed by atoms with E-state index in [1.54, 1.807) is 12.1 Å². The Hall–Kier alpha value is -1.51. The first-order valence-corrected chi connectivity index (χ1v) is 5.73. The highest BCUT2D eigenvalue weighted by atomic mass is 16.4. The molecule has 1 saturated carbocycles. The van der Waals surface area contributed by atoms with Crippen LogP contribution in [-0.4, -0.2) is 11.1 Å². The van der Waals surface area contributed by atoms with Crippen LogP contribution in [0.15, 0.2) is 18.2 Å². The lowest BCUT2D eigenvalue weighted by Crippen LogP contribution is -2.08. The minimum absolute atomic E-state index is 0.0944. The smallest absolute Gasteiger partial charge is 0.335 e. The molecule has 1 aromatic carbocycles. The van der Waals surface area contributed by atoms with E-state index < -0.39 is 11.7 Å². The number of carboxylic acids is 1. The topological polar surface area (TPSA) is 60.4 Å². The molecular weight excluding hydrogens is 204 g/mol. The molecule has 0 amide bonds. The molecule has 0 radical (unpaired) electrons. The third-order valence-corrected chi connectivity index (χ3v) is 3.31. The number of carboxylic acid groups (broad SMARTS) is 1. The van der Waals surface area contributed by atoms with Crippen LogP contribution in [0.4, 0.5) is 0 Å². The average molecular weight is 219 g/mol. The monoisotopic (exact) mass is 219 g/mol. The first-order chi connectivity index (χ1) is 7.68. The lowest BCUT2D eigenvalue weighted by atomic mass is 9.83. The van der Waals surface area contributed by atoms with Gasteiger partial charge >= 0.3 is 5.97 Å². The van der Waals surface area contributed by atoms with Crippen LogP contribution in [0.2, 0.25) is 0 Å². The fourth-order valence-corrected chi connectivity index (χ4v) is 2.40. The van der Waals surface area contributed by atoms with Crippen molar-refractivity contribution in [3.8, 4) is 5.75 Å². The van der Waals surface area contributed by atoms with Crippen molar-refractivity contribution in [1.82, 2.24) is 0 Å². The van der Waals surface area contributed by atoms with Crippen molar-refractivity contribution in [1.29, 1.82) is 0 Å².